The van der Waals surface area contributed by atoms with Crippen LogP contribution in [0.25, 0.3) is 22.0 Å². The molecule has 5 aromatic rings. The number of hydrogen-bond donors (Lipinski definition) is 1. The molecular formula is C29H19Cl3N2O5. The van der Waals surface area contributed by atoms with Gasteiger partial charge in [0, 0.05) is 29.1 Å². The zero-order valence-electron chi connectivity index (χ0n) is 20.2. The second-order valence-corrected chi connectivity index (χ2v) is 10.3. The molecule has 10 heteroatoms. The molecule has 0 spiro atoms. The van der Waals surface area contributed by atoms with Crippen LogP contribution in [0.4, 0.5) is 0 Å². The second-order valence-electron chi connectivity index (χ2n) is 9.09. The number of halogens is 3. The smallest absolute Gasteiger partial charge is 0.337 e. The Labute approximate surface area is 237 Å². The SMILES string of the molecule is O=C(O)c1ccc(Oc2c(Cl)ccc3cc(OCc4c(-c5c(Cl)cccc5Cl)noc4C4CC4)ccc23)nc1. The van der Waals surface area contributed by atoms with Crippen molar-refractivity contribution in [1.29, 1.82) is 0 Å². The first-order chi connectivity index (χ1) is 18.9. The molecule has 1 saturated carbocycles. The minimum absolute atomic E-state index is 0.0609. The van der Waals surface area contributed by atoms with Gasteiger partial charge < -0.3 is 19.1 Å². The number of carboxylic acids is 1. The molecule has 0 radical (unpaired) electrons. The van der Waals surface area contributed by atoms with Gasteiger partial charge in [0.05, 0.1) is 26.2 Å². The Morgan fingerprint density at radius 3 is 2.49 bits per heavy atom. The lowest BCUT2D eigenvalue weighted by Gasteiger charge is -2.13. The van der Waals surface area contributed by atoms with Crippen LogP contribution >= 0.6 is 34.8 Å². The van der Waals surface area contributed by atoms with Crippen molar-refractivity contribution in [3.63, 3.8) is 0 Å². The Morgan fingerprint density at radius 2 is 1.79 bits per heavy atom. The van der Waals surface area contributed by atoms with E-state index in [1.807, 2.05) is 24.3 Å². The van der Waals surface area contributed by atoms with E-state index in [2.05, 4.69) is 10.1 Å². The summed E-state index contributed by atoms with van der Waals surface area (Å²) in [5, 5.41) is 16.3. The van der Waals surface area contributed by atoms with Crippen LogP contribution in [0.1, 0.15) is 40.4 Å². The van der Waals surface area contributed by atoms with Crippen LogP contribution in [0.2, 0.25) is 15.1 Å². The maximum Gasteiger partial charge on any atom is 0.337 e. The molecular weight excluding hydrogens is 563 g/mol. The number of carbonyl (C=O) groups is 1. The summed E-state index contributed by atoms with van der Waals surface area (Å²) in [4.78, 5) is 15.2. The molecule has 0 atom stereocenters. The number of nitrogens with zero attached hydrogens (tertiary/aromatic N) is 2. The fourth-order valence-corrected chi connectivity index (χ4v) is 5.10. The van der Waals surface area contributed by atoms with Crippen molar-refractivity contribution in [2.24, 2.45) is 0 Å². The van der Waals surface area contributed by atoms with Gasteiger partial charge in [0.15, 0.2) is 5.75 Å². The van der Waals surface area contributed by atoms with E-state index in [-0.39, 0.29) is 18.1 Å². The van der Waals surface area contributed by atoms with Crippen molar-refractivity contribution in [3.05, 3.63) is 98.8 Å². The molecule has 2 aromatic heterocycles. The Balaban J connectivity index is 1.28. The number of carboxylic acid groups (broad SMARTS) is 1. The molecule has 3 aromatic carbocycles. The van der Waals surface area contributed by atoms with Gasteiger partial charge in [0.1, 0.15) is 23.8 Å². The summed E-state index contributed by atoms with van der Waals surface area (Å²) in [6.45, 7) is 0.217. The molecule has 2 heterocycles. The predicted molar refractivity (Wildman–Crippen MR) is 148 cm³/mol. The van der Waals surface area contributed by atoms with E-state index >= 15 is 0 Å². The average molecular weight is 582 g/mol. The third-order valence-electron chi connectivity index (χ3n) is 6.43. The Morgan fingerprint density at radius 1 is 1.00 bits per heavy atom. The van der Waals surface area contributed by atoms with Gasteiger partial charge >= 0.3 is 5.97 Å². The molecule has 1 N–H and O–H groups in total. The van der Waals surface area contributed by atoms with Crippen LogP contribution in [0.15, 0.2) is 71.4 Å². The first-order valence-corrected chi connectivity index (χ1v) is 13.2. The van der Waals surface area contributed by atoms with E-state index < -0.39 is 5.97 Å². The van der Waals surface area contributed by atoms with Gasteiger partial charge in [-0.15, -0.1) is 0 Å². The molecule has 0 unspecified atom stereocenters. The van der Waals surface area contributed by atoms with E-state index in [1.54, 1.807) is 24.3 Å². The van der Waals surface area contributed by atoms with Gasteiger partial charge in [-0.3, -0.25) is 0 Å². The highest BCUT2D eigenvalue weighted by atomic mass is 35.5. The van der Waals surface area contributed by atoms with Crippen molar-refractivity contribution < 1.29 is 23.9 Å². The Bertz CT molecular complexity index is 1690. The van der Waals surface area contributed by atoms with Crippen molar-refractivity contribution in [3.8, 4) is 28.6 Å². The van der Waals surface area contributed by atoms with Gasteiger partial charge in [0.25, 0.3) is 0 Å². The van der Waals surface area contributed by atoms with Crippen LogP contribution < -0.4 is 9.47 Å². The van der Waals surface area contributed by atoms with Crippen LogP contribution in [0, 0.1) is 0 Å². The highest BCUT2D eigenvalue weighted by Crippen LogP contribution is 2.46. The molecule has 1 aliphatic carbocycles. The maximum absolute atomic E-state index is 11.1. The lowest BCUT2D eigenvalue weighted by atomic mass is 10.0. The number of hydrogen-bond acceptors (Lipinski definition) is 6. The minimum Gasteiger partial charge on any atom is -0.489 e. The second kappa shape index (κ2) is 10.4. The summed E-state index contributed by atoms with van der Waals surface area (Å²) in [6.07, 6.45) is 3.30. The number of aromatic nitrogens is 2. The fraction of sp³-hybridized carbons (Fsp3) is 0.138. The summed E-state index contributed by atoms with van der Waals surface area (Å²) in [6, 6.07) is 17.3. The van der Waals surface area contributed by atoms with Gasteiger partial charge in [-0.05, 0) is 60.7 Å². The van der Waals surface area contributed by atoms with Crippen LogP contribution in [-0.4, -0.2) is 21.2 Å². The monoisotopic (exact) mass is 580 g/mol. The number of rotatable bonds is 8. The quantitative estimate of drug-likeness (QED) is 0.196. The summed E-state index contributed by atoms with van der Waals surface area (Å²) in [5.41, 5.74) is 2.08. The fourth-order valence-electron chi connectivity index (χ4n) is 4.32. The minimum atomic E-state index is -1.07. The third kappa shape index (κ3) is 5.13. The molecule has 0 aliphatic heterocycles. The molecule has 196 valence electrons. The number of benzene rings is 3. The standard InChI is InChI=1S/C29H19Cl3N2O5/c30-21-2-1-3-22(31)25(21)26-20(27(39-34-26)15-4-5-15)14-37-18-8-9-19-16(12-18)6-10-23(32)28(19)38-24-11-7-17(13-33-24)29(35)36/h1-3,6-13,15H,4-5,14H2,(H,35,36). The van der Waals surface area contributed by atoms with Crippen molar-refractivity contribution in [2.75, 3.05) is 0 Å². The van der Waals surface area contributed by atoms with E-state index in [9.17, 15) is 4.79 Å². The molecule has 0 bridgehead atoms. The number of pyridine rings is 1. The van der Waals surface area contributed by atoms with Gasteiger partial charge in [-0.1, -0.05) is 52.1 Å². The lowest BCUT2D eigenvalue weighted by Crippen LogP contribution is -2.00. The highest BCUT2D eigenvalue weighted by molar-refractivity contribution is 6.39. The third-order valence-corrected chi connectivity index (χ3v) is 7.36. The summed E-state index contributed by atoms with van der Waals surface area (Å²) in [7, 11) is 0. The highest BCUT2D eigenvalue weighted by Gasteiger charge is 2.33. The molecule has 1 fully saturated rings. The molecule has 6 rings (SSSR count). The van der Waals surface area contributed by atoms with E-state index in [1.165, 1.54) is 18.3 Å². The van der Waals surface area contributed by atoms with E-state index in [0.717, 1.165) is 34.9 Å². The zero-order chi connectivity index (χ0) is 27.1. The largest absolute Gasteiger partial charge is 0.489 e. The van der Waals surface area contributed by atoms with Crippen molar-refractivity contribution >= 4 is 51.5 Å². The van der Waals surface area contributed by atoms with Crippen molar-refractivity contribution in [1.82, 2.24) is 10.1 Å². The number of ether oxygens (including phenoxy) is 2. The van der Waals surface area contributed by atoms with Gasteiger partial charge in [0.2, 0.25) is 5.88 Å². The van der Waals surface area contributed by atoms with E-state index in [0.29, 0.717) is 43.7 Å². The summed E-state index contributed by atoms with van der Waals surface area (Å²) in [5.74, 6) is 1.29. The van der Waals surface area contributed by atoms with Crippen molar-refractivity contribution in [2.45, 2.75) is 25.4 Å². The Kier molecular flexibility index (Phi) is 6.81. The molecule has 39 heavy (non-hydrogen) atoms. The molecule has 0 saturated heterocycles. The molecule has 7 nitrogen and oxygen atoms in total. The first-order valence-electron chi connectivity index (χ1n) is 12.0. The normalized spacial score (nSPS) is 13.0. The average Bonchev–Trinajstić information content (AvgIpc) is 3.69. The summed E-state index contributed by atoms with van der Waals surface area (Å²) >= 11 is 19.4. The topological polar surface area (TPSA) is 94.7 Å². The number of aromatic carboxylic acids is 1. The van der Waals surface area contributed by atoms with Crippen LogP contribution in [0.5, 0.6) is 17.4 Å². The maximum atomic E-state index is 11.1. The molecule has 0 amide bonds. The molecule has 1 aliphatic rings. The van der Waals surface area contributed by atoms with E-state index in [4.69, 9.17) is 53.9 Å². The van der Waals surface area contributed by atoms with Crippen LogP contribution in [-0.2, 0) is 6.61 Å². The first kappa shape index (κ1) is 25.5. The number of fused-ring (bicyclic) bond motifs is 1. The summed E-state index contributed by atoms with van der Waals surface area (Å²) < 4.78 is 17.9. The van der Waals surface area contributed by atoms with Gasteiger partial charge in [-0.25, -0.2) is 9.78 Å². The van der Waals surface area contributed by atoms with Gasteiger partial charge in [-0.2, -0.15) is 0 Å². The Hall–Kier alpha value is -3.78. The zero-order valence-corrected chi connectivity index (χ0v) is 22.4. The predicted octanol–water partition coefficient (Wildman–Crippen LogP) is 8.80. The lowest BCUT2D eigenvalue weighted by molar-refractivity contribution is 0.0696. The van der Waals surface area contributed by atoms with Crippen LogP contribution in [0.3, 0.4) is 0 Å².